The first-order valence-corrected chi connectivity index (χ1v) is 6.49. The second kappa shape index (κ2) is 4.42. The molecule has 5 heteroatoms. The molecule has 1 fully saturated rings. The van der Waals surface area contributed by atoms with Crippen molar-refractivity contribution in [3.8, 4) is 11.5 Å². The van der Waals surface area contributed by atoms with Crippen molar-refractivity contribution in [3.05, 3.63) is 23.8 Å². The SMILES string of the molecule is CN(CC1(CN)CC1)C(=O)c1ccc2c(c1)OCO2. The highest BCUT2D eigenvalue weighted by atomic mass is 16.7. The van der Waals surface area contributed by atoms with Crippen molar-refractivity contribution in [2.75, 3.05) is 26.9 Å². The van der Waals surface area contributed by atoms with E-state index in [0.29, 0.717) is 23.6 Å². The van der Waals surface area contributed by atoms with E-state index < -0.39 is 0 Å². The molecule has 1 saturated carbocycles. The van der Waals surface area contributed by atoms with Crippen LogP contribution in [0.3, 0.4) is 0 Å². The fourth-order valence-corrected chi connectivity index (χ4v) is 2.43. The molecular formula is C14H18N2O3. The van der Waals surface area contributed by atoms with E-state index in [1.54, 1.807) is 23.1 Å². The summed E-state index contributed by atoms with van der Waals surface area (Å²) < 4.78 is 10.5. The Balaban J connectivity index is 1.73. The molecule has 3 rings (SSSR count). The van der Waals surface area contributed by atoms with Crippen molar-refractivity contribution in [2.45, 2.75) is 12.8 Å². The lowest BCUT2D eigenvalue weighted by atomic mass is 10.1. The van der Waals surface area contributed by atoms with Gasteiger partial charge in [-0.2, -0.15) is 0 Å². The van der Waals surface area contributed by atoms with Gasteiger partial charge in [-0.05, 0) is 37.6 Å². The lowest BCUT2D eigenvalue weighted by Crippen LogP contribution is -2.35. The molecule has 1 aromatic carbocycles. The van der Waals surface area contributed by atoms with Crippen LogP contribution in [0.2, 0.25) is 0 Å². The highest BCUT2D eigenvalue weighted by molar-refractivity contribution is 5.94. The van der Waals surface area contributed by atoms with Gasteiger partial charge in [0.25, 0.3) is 5.91 Å². The van der Waals surface area contributed by atoms with Crippen molar-refractivity contribution < 1.29 is 14.3 Å². The van der Waals surface area contributed by atoms with Gasteiger partial charge in [-0.15, -0.1) is 0 Å². The molecule has 0 saturated heterocycles. The molecule has 1 aliphatic carbocycles. The van der Waals surface area contributed by atoms with Crippen LogP contribution in [0.1, 0.15) is 23.2 Å². The molecule has 0 atom stereocenters. The monoisotopic (exact) mass is 262 g/mol. The molecule has 5 nitrogen and oxygen atoms in total. The molecule has 1 amide bonds. The number of carbonyl (C=O) groups excluding carboxylic acids is 1. The van der Waals surface area contributed by atoms with Gasteiger partial charge in [-0.3, -0.25) is 4.79 Å². The van der Waals surface area contributed by atoms with Crippen LogP contribution >= 0.6 is 0 Å². The summed E-state index contributed by atoms with van der Waals surface area (Å²) in [5, 5.41) is 0. The molecule has 102 valence electrons. The smallest absolute Gasteiger partial charge is 0.253 e. The zero-order valence-corrected chi connectivity index (χ0v) is 11.0. The molecule has 0 radical (unpaired) electrons. The van der Waals surface area contributed by atoms with E-state index in [1.807, 2.05) is 7.05 Å². The molecule has 0 spiro atoms. The third-order valence-corrected chi connectivity index (χ3v) is 3.93. The van der Waals surface area contributed by atoms with Gasteiger partial charge in [0.2, 0.25) is 6.79 Å². The minimum Gasteiger partial charge on any atom is -0.454 e. The van der Waals surface area contributed by atoms with Gasteiger partial charge in [-0.25, -0.2) is 0 Å². The standard InChI is InChI=1S/C14H18N2O3/c1-16(8-14(7-15)4-5-14)13(17)10-2-3-11-12(6-10)19-9-18-11/h2-3,6H,4-5,7-9,15H2,1H3. The summed E-state index contributed by atoms with van der Waals surface area (Å²) in [5.41, 5.74) is 6.53. The minimum atomic E-state index is -0.00183. The minimum absolute atomic E-state index is 0.00183. The van der Waals surface area contributed by atoms with Crippen molar-refractivity contribution in [1.82, 2.24) is 4.90 Å². The predicted octanol–water partition coefficient (Wildman–Crippen LogP) is 1.23. The number of hydrogen-bond donors (Lipinski definition) is 1. The highest BCUT2D eigenvalue weighted by Crippen LogP contribution is 2.45. The van der Waals surface area contributed by atoms with Gasteiger partial charge >= 0.3 is 0 Å². The Morgan fingerprint density at radius 2 is 2.11 bits per heavy atom. The Labute approximate surface area is 112 Å². The van der Waals surface area contributed by atoms with Crippen molar-refractivity contribution in [3.63, 3.8) is 0 Å². The van der Waals surface area contributed by atoms with E-state index in [2.05, 4.69) is 0 Å². The number of hydrogen-bond acceptors (Lipinski definition) is 4. The maximum absolute atomic E-state index is 12.4. The predicted molar refractivity (Wildman–Crippen MR) is 70.2 cm³/mol. The molecule has 2 aliphatic rings. The summed E-state index contributed by atoms with van der Waals surface area (Å²) in [7, 11) is 1.82. The molecular weight excluding hydrogens is 244 g/mol. The van der Waals surface area contributed by atoms with Gasteiger partial charge in [0.05, 0.1) is 0 Å². The normalized spacial score (nSPS) is 18.2. The maximum Gasteiger partial charge on any atom is 0.253 e. The lowest BCUT2D eigenvalue weighted by Gasteiger charge is -2.23. The van der Waals surface area contributed by atoms with E-state index >= 15 is 0 Å². The first-order chi connectivity index (χ1) is 9.13. The number of ether oxygens (including phenoxy) is 2. The molecule has 0 aromatic heterocycles. The summed E-state index contributed by atoms with van der Waals surface area (Å²) in [6.45, 7) is 1.58. The Morgan fingerprint density at radius 1 is 1.37 bits per heavy atom. The van der Waals surface area contributed by atoms with E-state index in [1.165, 1.54) is 0 Å². The van der Waals surface area contributed by atoms with Crippen LogP contribution in [0.5, 0.6) is 11.5 Å². The Hall–Kier alpha value is -1.75. The topological polar surface area (TPSA) is 64.8 Å². The molecule has 1 heterocycles. The lowest BCUT2D eigenvalue weighted by molar-refractivity contribution is 0.0766. The molecule has 19 heavy (non-hydrogen) atoms. The molecule has 1 aromatic rings. The molecule has 0 unspecified atom stereocenters. The Morgan fingerprint density at radius 3 is 2.79 bits per heavy atom. The van der Waals surface area contributed by atoms with Crippen LogP contribution in [-0.2, 0) is 0 Å². The van der Waals surface area contributed by atoms with E-state index in [9.17, 15) is 4.79 Å². The van der Waals surface area contributed by atoms with Gasteiger partial charge < -0.3 is 20.1 Å². The van der Waals surface area contributed by atoms with Crippen molar-refractivity contribution in [1.29, 1.82) is 0 Å². The van der Waals surface area contributed by atoms with Crippen LogP contribution in [0.15, 0.2) is 18.2 Å². The van der Waals surface area contributed by atoms with Gasteiger partial charge in [0, 0.05) is 24.6 Å². The second-order valence-electron chi connectivity index (χ2n) is 5.43. The van der Waals surface area contributed by atoms with Crippen LogP contribution < -0.4 is 15.2 Å². The molecule has 0 bridgehead atoms. The average Bonchev–Trinajstić information content (AvgIpc) is 3.04. The third kappa shape index (κ3) is 2.26. The van der Waals surface area contributed by atoms with Crippen molar-refractivity contribution >= 4 is 5.91 Å². The fourth-order valence-electron chi connectivity index (χ4n) is 2.43. The first kappa shape index (κ1) is 12.3. The second-order valence-corrected chi connectivity index (χ2v) is 5.43. The number of rotatable bonds is 4. The zero-order valence-electron chi connectivity index (χ0n) is 11.0. The van der Waals surface area contributed by atoms with Gasteiger partial charge in [0.15, 0.2) is 11.5 Å². The average molecular weight is 262 g/mol. The number of benzene rings is 1. The first-order valence-electron chi connectivity index (χ1n) is 6.49. The van der Waals surface area contributed by atoms with Gasteiger partial charge in [0.1, 0.15) is 0 Å². The number of fused-ring (bicyclic) bond motifs is 1. The summed E-state index contributed by atoms with van der Waals surface area (Å²) in [5.74, 6) is 1.33. The summed E-state index contributed by atoms with van der Waals surface area (Å²) in [4.78, 5) is 14.1. The van der Waals surface area contributed by atoms with E-state index in [-0.39, 0.29) is 18.1 Å². The van der Waals surface area contributed by atoms with E-state index in [0.717, 1.165) is 19.4 Å². The van der Waals surface area contributed by atoms with Crippen molar-refractivity contribution in [2.24, 2.45) is 11.1 Å². The molecule has 2 N–H and O–H groups in total. The van der Waals surface area contributed by atoms with Gasteiger partial charge in [-0.1, -0.05) is 0 Å². The van der Waals surface area contributed by atoms with Crippen LogP contribution in [0.25, 0.3) is 0 Å². The summed E-state index contributed by atoms with van der Waals surface area (Å²) >= 11 is 0. The summed E-state index contributed by atoms with van der Waals surface area (Å²) in [6.07, 6.45) is 2.23. The largest absolute Gasteiger partial charge is 0.454 e. The maximum atomic E-state index is 12.4. The zero-order chi connectivity index (χ0) is 13.5. The number of nitrogens with two attached hydrogens (primary N) is 1. The quantitative estimate of drug-likeness (QED) is 0.886. The number of carbonyl (C=O) groups is 1. The Kier molecular flexibility index (Phi) is 2.86. The fraction of sp³-hybridized carbons (Fsp3) is 0.500. The van der Waals surface area contributed by atoms with Crippen LogP contribution in [0.4, 0.5) is 0 Å². The van der Waals surface area contributed by atoms with E-state index in [4.69, 9.17) is 15.2 Å². The van der Waals surface area contributed by atoms with Crippen LogP contribution in [-0.4, -0.2) is 37.7 Å². The summed E-state index contributed by atoms with van der Waals surface area (Å²) in [6, 6.07) is 5.29. The molecule has 1 aliphatic heterocycles. The third-order valence-electron chi connectivity index (χ3n) is 3.93. The number of amides is 1. The number of nitrogens with zero attached hydrogens (tertiary/aromatic N) is 1. The highest BCUT2D eigenvalue weighted by Gasteiger charge is 2.42. The van der Waals surface area contributed by atoms with Crippen LogP contribution in [0, 0.1) is 5.41 Å². The Bertz CT molecular complexity index is 511.